The van der Waals surface area contributed by atoms with Crippen LogP contribution in [-0.2, 0) is 10.2 Å². The lowest BCUT2D eigenvalue weighted by Gasteiger charge is -2.32. The predicted octanol–water partition coefficient (Wildman–Crippen LogP) is 5.49. The van der Waals surface area contributed by atoms with Gasteiger partial charge in [-0.25, -0.2) is 4.79 Å². The van der Waals surface area contributed by atoms with Crippen LogP contribution in [0.15, 0.2) is 78.9 Å². The Morgan fingerprint density at radius 1 is 0.769 bits per heavy atom. The average molecular weight is 346 g/mol. The van der Waals surface area contributed by atoms with E-state index in [1.165, 1.54) is 23.8 Å². The monoisotopic (exact) mass is 346 g/mol. The van der Waals surface area contributed by atoms with Crippen LogP contribution in [0.2, 0.25) is 0 Å². The second-order valence-electron chi connectivity index (χ2n) is 6.44. The Hall–Kier alpha value is -3.07. The normalized spacial score (nSPS) is 12.9. The van der Waals surface area contributed by atoms with Crippen molar-refractivity contribution in [1.29, 1.82) is 0 Å². The van der Waals surface area contributed by atoms with E-state index in [0.717, 1.165) is 5.56 Å². The molecule has 132 valence electrons. The number of carbonyl (C=O) groups is 1. The number of ether oxygens (including phenoxy) is 2. The predicted molar refractivity (Wildman–Crippen MR) is 103 cm³/mol. The molecule has 0 aromatic heterocycles. The van der Waals surface area contributed by atoms with Gasteiger partial charge in [0.25, 0.3) is 0 Å². The quantitative estimate of drug-likeness (QED) is 0.356. The van der Waals surface area contributed by atoms with Gasteiger partial charge in [0.2, 0.25) is 0 Å². The Balaban J connectivity index is 2.07. The number of rotatable bonds is 4. The number of methoxy groups -OCH3 is 1. The summed E-state index contributed by atoms with van der Waals surface area (Å²) >= 11 is 0. The van der Waals surface area contributed by atoms with E-state index >= 15 is 0 Å². The van der Waals surface area contributed by atoms with E-state index < -0.39 is 6.16 Å². The molecule has 0 N–H and O–H groups in total. The van der Waals surface area contributed by atoms with Gasteiger partial charge in [0.05, 0.1) is 7.11 Å². The largest absolute Gasteiger partial charge is 0.513 e. The van der Waals surface area contributed by atoms with Gasteiger partial charge in [0.15, 0.2) is 0 Å². The molecule has 0 amide bonds. The summed E-state index contributed by atoms with van der Waals surface area (Å²) in [6.45, 7) is 4.30. The molecule has 3 aromatic carbocycles. The lowest BCUT2D eigenvalue weighted by molar-refractivity contribution is 0.121. The van der Waals surface area contributed by atoms with E-state index in [9.17, 15) is 4.79 Å². The zero-order valence-electron chi connectivity index (χ0n) is 15.2. The van der Waals surface area contributed by atoms with Crippen LogP contribution in [0.3, 0.4) is 0 Å². The fourth-order valence-electron chi connectivity index (χ4n) is 3.15. The summed E-state index contributed by atoms with van der Waals surface area (Å²) < 4.78 is 9.64. The molecule has 1 unspecified atom stereocenters. The maximum Gasteiger partial charge on any atom is 0.513 e. The maximum absolute atomic E-state index is 11.3. The van der Waals surface area contributed by atoms with Crippen LogP contribution in [0.25, 0.3) is 0 Å². The van der Waals surface area contributed by atoms with E-state index in [0.29, 0.717) is 5.75 Å². The van der Waals surface area contributed by atoms with Crippen LogP contribution < -0.4 is 4.74 Å². The third kappa shape index (κ3) is 3.47. The highest BCUT2D eigenvalue weighted by Crippen LogP contribution is 2.39. The number of benzene rings is 3. The fourth-order valence-corrected chi connectivity index (χ4v) is 3.15. The van der Waals surface area contributed by atoms with Gasteiger partial charge < -0.3 is 9.47 Å². The Bertz CT molecular complexity index is 868. The minimum absolute atomic E-state index is 0.321. The first-order valence-corrected chi connectivity index (χ1v) is 8.53. The van der Waals surface area contributed by atoms with Crippen molar-refractivity contribution in [3.8, 4) is 5.75 Å². The lowest BCUT2D eigenvalue weighted by Crippen LogP contribution is -2.25. The minimum atomic E-state index is -0.720. The summed E-state index contributed by atoms with van der Waals surface area (Å²) in [5.74, 6) is 0.458. The van der Waals surface area contributed by atoms with Crippen LogP contribution in [0.1, 0.15) is 29.2 Å². The van der Waals surface area contributed by atoms with Gasteiger partial charge in [0, 0.05) is 5.41 Å². The summed E-state index contributed by atoms with van der Waals surface area (Å²) in [6, 6.07) is 26.6. The van der Waals surface area contributed by atoms with Crippen molar-refractivity contribution >= 4 is 6.16 Å². The molecular formula is C23H22O3. The number of aryl methyl sites for hydroxylation is 1. The molecule has 3 rings (SSSR count). The number of carbonyl (C=O) groups excluding carboxylic acids is 1. The standard InChI is InChI=1S/C23H22O3/c1-17-9-11-19(12-10-17)23(2,18-7-5-4-6-8-18)20-13-15-21(16-14-20)26-22(24)25-3/h4-16H,1-3H3. The molecule has 1 atom stereocenters. The van der Waals surface area contributed by atoms with E-state index in [1.54, 1.807) is 12.1 Å². The van der Waals surface area contributed by atoms with Gasteiger partial charge in [-0.2, -0.15) is 0 Å². The van der Waals surface area contributed by atoms with Gasteiger partial charge in [-0.1, -0.05) is 72.3 Å². The molecule has 3 nitrogen and oxygen atoms in total. The van der Waals surface area contributed by atoms with Crippen LogP contribution in [0, 0.1) is 6.92 Å². The molecule has 0 saturated carbocycles. The Morgan fingerprint density at radius 3 is 1.81 bits per heavy atom. The lowest BCUT2D eigenvalue weighted by atomic mass is 9.71. The van der Waals surface area contributed by atoms with Crippen LogP contribution in [0.5, 0.6) is 5.75 Å². The molecule has 3 heteroatoms. The summed E-state index contributed by atoms with van der Waals surface area (Å²) in [4.78, 5) is 11.3. The van der Waals surface area contributed by atoms with Crippen molar-refractivity contribution < 1.29 is 14.3 Å². The minimum Gasteiger partial charge on any atom is -0.437 e. The van der Waals surface area contributed by atoms with Gasteiger partial charge in [0.1, 0.15) is 5.75 Å². The van der Waals surface area contributed by atoms with Crippen LogP contribution in [-0.4, -0.2) is 13.3 Å². The molecule has 0 radical (unpaired) electrons. The molecule has 0 aliphatic heterocycles. The topological polar surface area (TPSA) is 35.5 Å². The fraction of sp³-hybridized carbons (Fsp3) is 0.174. The SMILES string of the molecule is COC(=O)Oc1ccc(C(C)(c2ccccc2)c2ccc(C)cc2)cc1. The zero-order valence-corrected chi connectivity index (χ0v) is 15.2. The summed E-state index contributed by atoms with van der Waals surface area (Å²) in [5.41, 5.74) is 4.43. The van der Waals surface area contributed by atoms with Crippen molar-refractivity contribution in [2.24, 2.45) is 0 Å². The molecule has 0 aliphatic carbocycles. The second-order valence-corrected chi connectivity index (χ2v) is 6.44. The molecule has 3 aromatic rings. The summed E-state index contributed by atoms with van der Waals surface area (Å²) in [6.07, 6.45) is -0.720. The van der Waals surface area contributed by atoms with Crippen molar-refractivity contribution in [2.75, 3.05) is 7.11 Å². The van der Waals surface area contributed by atoms with Gasteiger partial charge in [-0.15, -0.1) is 0 Å². The van der Waals surface area contributed by atoms with Crippen LogP contribution >= 0.6 is 0 Å². The Morgan fingerprint density at radius 2 is 1.27 bits per heavy atom. The Kier molecular flexibility index (Phi) is 5.08. The van der Waals surface area contributed by atoms with E-state index in [-0.39, 0.29) is 5.41 Å². The third-order valence-corrected chi connectivity index (χ3v) is 4.78. The highest BCUT2D eigenvalue weighted by molar-refractivity contribution is 5.63. The average Bonchev–Trinajstić information content (AvgIpc) is 2.69. The number of hydrogen-bond acceptors (Lipinski definition) is 3. The van der Waals surface area contributed by atoms with Gasteiger partial charge >= 0.3 is 6.16 Å². The Labute approximate surface area is 154 Å². The van der Waals surface area contributed by atoms with E-state index in [4.69, 9.17) is 4.74 Å². The van der Waals surface area contributed by atoms with Gasteiger partial charge in [-0.3, -0.25) is 0 Å². The molecule has 26 heavy (non-hydrogen) atoms. The summed E-state index contributed by atoms with van der Waals surface area (Å²) in [5, 5.41) is 0. The van der Waals surface area contributed by atoms with E-state index in [1.807, 2.05) is 18.2 Å². The van der Waals surface area contributed by atoms with Crippen molar-refractivity contribution in [3.05, 3.63) is 101 Å². The molecule has 0 heterocycles. The first-order valence-electron chi connectivity index (χ1n) is 8.53. The zero-order chi connectivity index (χ0) is 18.6. The first-order chi connectivity index (χ1) is 12.5. The molecule has 0 spiro atoms. The summed E-state index contributed by atoms with van der Waals surface area (Å²) in [7, 11) is 1.29. The molecule has 0 bridgehead atoms. The van der Waals surface area contributed by atoms with E-state index in [2.05, 4.69) is 67.1 Å². The highest BCUT2D eigenvalue weighted by atomic mass is 16.7. The maximum atomic E-state index is 11.3. The van der Waals surface area contributed by atoms with Crippen molar-refractivity contribution in [1.82, 2.24) is 0 Å². The molecule has 0 saturated heterocycles. The molecule has 0 fully saturated rings. The number of hydrogen-bond donors (Lipinski definition) is 0. The second kappa shape index (κ2) is 7.44. The third-order valence-electron chi connectivity index (χ3n) is 4.78. The van der Waals surface area contributed by atoms with Crippen LogP contribution in [0.4, 0.5) is 4.79 Å². The first kappa shape index (κ1) is 17.7. The smallest absolute Gasteiger partial charge is 0.437 e. The molecule has 0 aliphatic rings. The van der Waals surface area contributed by atoms with Gasteiger partial charge in [-0.05, 0) is 42.7 Å². The molecular weight excluding hydrogens is 324 g/mol. The highest BCUT2D eigenvalue weighted by Gasteiger charge is 2.31. The van der Waals surface area contributed by atoms with Crippen molar-refractivity contribution in [2.45, 2.75) is 19.3 Å². The van der Waals surface area contributed by atoms with Crippen molar-refractivity contribution in [3.63, 3.8) is 0 Å².